The molecule has 0 amide bonds. The monoisotopic (exact) mass is 303 g/mol. The van der Waals surface area contributed by atoms with E-state index in [0.29, 0.717) is 11.7 Å². The molecule has 1 saturated heterocycles. The van der Waals surface area contributed by atoms with Crippen LogP contribution in [0.1, 0.15) is 12.8 Å². The fourth-order valence-corrected chi connectivity index (χ4v) is 2.47. The van der Waals surface area contributed by atoms with Gasteiger partial charge in [-0.25, -0.2) is 14.8 Å². The van der Waals surface area contributed by atoms with E-state index in [1.54, 1.807) is 12.5 Å². The maximum absolute atomic E-state index is 10.5. The lowest BCUT2D eigenvalue weighted by molar-refractivity contribution is -0.144. The summed E-state index contributed by atoms with van der Waals surface area (Å²) in [4.78, 5) is 21.4. The number of aromatic nitrogens is 2. The molecule has 0 spiro atoms. The molecular formula is C15H17N3O4. The minimum atomic E-state index is -0.933. The van der Waals surface area contributed by atoms with Crippen molar-refractivity contribution in [2.24, 2.45) is 0 Å². The Labute approximate surface area is 127 Å². The third-order valence-corrected chi connectivity index (χ3v) is 3.58. The number of carbonyl (C=O) groups is 1. The molecule has 3 heterocycles. The summed E-state index contributed by atoms with van der Waals surface area (Å²) in [6, 6.07) is 5.49. The zero-order chi connectivity index (χ0) is 15.4. The zero-order valence-electron chi connectivity index (χ0n) is 12.0. The molecule has 0 aliphatic carbocycles. The number of carboxylic acids is 1. The van der Waals surface area contributed by atoms with Crippen LogP contribution in [0.15, 0.2) is 35.1 Å². The molecule has 2 aromatic rings. The summed E-state index contributed by atoms with van der Waals surface area (Å²) >= 11 is 0. The second-order valence-corrected chi connectivity index (χ2v) is 5.11. The first-order valence-electron chi connectivity index (χ1n) is 7.17. The predicted molar refractivity (Wildman–Crippen MR) is 78.6 cm³/mol. The molecule has 0 bridgehead atoms. The van der Waals surface area contributed by atoms with Crippen molar-refractivity contribution in [3.63, 3.8) is 0 Å². The third-order valence-electron chi connectivity index (χ3n) is 3.58. The average molecular weight is 303 g/mol. The predicted octanol–water partition coefficient (Wildman–Crippen LogP) is 1.81. The molecule has 7 heteroatoms. The van der Waals surface area contributed by atoms with Crippen molar-refractivity contribution >= 4 is 11.9 Å². The maximum atomic E-state index is 10.5. The van der Waals surface area contributed by atoms with E-state index >= 15 is 0 Å². The minimum Gasteiger partial charge on any atom is -0.480 e. The molecule has 116 valence electrons. The van der Waals surface area contributed by atoms with Crippen LogP contribution in [0.4, 0.5) is 5.95 Å². The Bertz CT molecular complexity index is 621. The Morgan fingerprint density at radius 1 is 1.41 bits per heavy atom. The number of anilines is 1. The van der Waals surface area contributed by atoms with Gasteiger partial charge in [0.2, 0.25) is 5.95 Å². The fourth-order valence-electron chi connectivity index (χ4n) is 2.47. The van der Waals surface area contributed by atoms with Crippen LogP contribution in [0, 0.1) is 0 Å². The molecule has 0 radical (unpaired) electrons. The van der Waals surface area contributed by atoms with Crippen LogP contribution in [0.2, 0.25) is 0 Å². The fraction of sp³-hybridized carbons (Fsp3) is 0.400. The van der Waals surface area contributed by atoms with Gasteiger partial charge in [0, 0.05) is 19.3 Å². The number of rotatable bonds is 5. The number of nitrogens with zero attached hydrogens (tertiary/aromatic N) is 3. The number of hydrogen-bond acceptors (Lipinski definition) is 6. The van der Waals surface area contributed by atoms with Crippen LogP contribution >= 0.6 is 0 Å². The number of furan rings is 1. The summed E-state index contributed by atoms with van der Waals surface area (Å²) in [7, 11) is 0. The van der Waals surface area contributed by atoms with Crippen molar-refractivity contribution in [1.82, 2.24) is 9.97 Å². The average Bonchev–Trinajstić information content (AvgIpc) is 3.08. The van der Waals surface area contributed by atoms with E-state index in [1.165, 1.54) is 0 Å². The van der Waals surface area contributed by atoms with Gasteiger partial charge >= 0.3 is 5.97 Å². The summed E-state index contributed by atoms with van der Waals surface area (Å²) < 4.78 is 10.7. The van der Waals surface area contributed by atoms with Gasteiger partial charge in [-0.2, -0.15) is 0 Å². The Morgan fingerprint density at radius 2 is 2.23 bits per heavy atom. The van der Waals surface area contributed by atoms with Gasteiger partial charge in [0.15, 0.2) is 5.76 Å². The molecule has 3 rings (SSSR count). The summed E-state index contributed by atoms with van der Waals surface area (Å²) in [6.07, 6.45) is 4.85. The first-order chi connectivity index (χ1) is 10.7. The van der Waals surface area contributed by atoms with Crippen LogP contribution in [-0.2, 0) is 9.53 Å². The molecule has 7 nitrogen and oxygen atoms in total. The van der Waals surface area contributed by atoms with E-state index in [-0.39, 0.29) is 12.7 Å². The Hall–Kier alpha value is -2.41. The molecule has 0 saturated carbocycles. The number of aliphatic carboxylic acids is 1. The number of piperidine rings is 1. The van der Waals surface area contributed by atoms with E-state index < -0.39 is 5.97 Å². The van der Waals surface area contributed by atoms with Gasteiger partial charge in [-0.15, -0.1) is 0 Å². The largest absolute Gasteiger partial charge is 0.480 e. The van der Waals surface area contributed by atoms with E-state index in [2.05, 4.69) is 14.9 Å². The van der Waals surface area contributed by atoms with Crippen molar-refractivity contribution in [3.05, 3.63) is 30.7 Å². The van der Waals surface area contributed by atoms with Crippen molar-refractivity contribution in [1.29, 1.82) is 0 Å². The van der Waals surface area contributed by atoms with Crippen molar-refractivity contribution < 1.29 is 19.1 Å². The summed E-state index contributed by atoms with van der Waals surface area (Å²) in [5.41, 5.74) is 0.749. The highest BCUT2D eigenvalue weighted by atomic mass is 16.5. The number of ether oxygens (including phenoxy) is 1. The molecule has 0 aromatic carbocycles. The van der Waals surface area contributed by atoms with Crippen LogP contribution in [0.5, 0.6) is 0 Å². The lowest BCUT2D eigenvalue weighted by Gasteiger charge is -2.31. The summed E-state index contributed by atoms with van der Waals surface area (Å²) in [5, 5.41) is 8.63. The van der Waals surface area contributed by atoms with Crippen molar-refractivity contribution in [3.8, 4) is 11.5 Å². The van der Waals surface area contributed by atoms with Crippen molar-refractivity contribution in [2.75, 3.05) is 24.6 Å². The van der Waals surface area contributed by atoms with Gasteiger partial charge in [0.05, 0.1) is 12.4 Å². The molecule has 1 N–H and O–H groups in total. The summed E-state index contributed by atoms with van der Waals surface area (Å²) in [5.74, 6) is 0.436. The summed E-state index contributed by atoms with van der Waals surface area (Å²) in [6.45, 7) is 1.24. The standard InChI is InChI=1S/C15H17N3O4/c19-14(20)10-22-11-4-7-18(8-5-11)15-16-6-3-12(17-15)13-2-1-9-21-13/h1-3,6,9,11H,4-5,7-8,10H2,(H,19,20). The molecule has 0 unspecified atom stereocenters. The highest BCUT2D eigenvalue weighted by Gasteiger charge is 2.22. The quantitative estimate of drug-likeness (QED) is 0.901. The second-order valence-electron chi connectivity index (χ2n) is 5.11. The van der Waals surface area contributed by atoms with Crippen LogP contribution in [0.25, 0.3) is 11.5 Å². The van der Waals surface area contributed by atoms with E-state index in [4.69, 9.17) is 14.3 Å². The van der Waals surface area contributed by atoms with Gasteiger partial charge in [-0.05, 0) is 31.0 Å². The molecule has 1 aliphatic heterocycles. The molecule has 1 fully saturated rings. The van der Waals surface area contributed by atoms with E-state index in [1.807, 2.05) is 18.2 Å². The highest BCUT2D eigenvalue weighted by molar-refractivity contribution is 5.68. The lowest BCUT2D eigenvalue weighted by Crippen LogP contribution is -2.38. The van der Waals surface area contributed by atoms with Gasteiger partial charge in [-0.3, -0.25) is 0 Å². The minimum absolute atomic E-state index is 0.0133. The SMILES string of the molecule is O=C(O)COC1CCN(c2nccc(-c3ccco3)n2)CC1. The van der Waals surface area contributed by atoms with Crippen LogP contribution < -0.4 is 4.90 Å². The van der Waals surface area contributed by atoms with Gasteiger partial charge in [0.1, 0.15) is 12.3 Å². The molecule has 0 atom stereocenters. The molecule has 2 aromatic heterocycles. The lowest BCUT2D eigenvalue weighted by atomic mass is 10.1. The number of carboxylic acid groups (broad SMARTS) is 1. The normalized spacial score (nSPS) is 15.9. The topological polar surface area (TPSA) is 88.7 Å². The first kappa shape index (κ1) is 14.5. The smallest absolute Gasteiger partial charge is 0.329 e. The van der Waals surface area contributed by atoms with E-state index in [0.717, 1.165) is 31.6 Å². The molecule has 22 heavy (non-hydrogen) atoms. The Balaban J connectivity index is 1.62. The number of hydrogen-bond donors (Lipinski definition) is 1. The van der Waals surface area contributed by atoms with Gasteiger partial charge < -0.3 is 19.2 Å². The third kappa shape index (κ3) is 3.43. The van der Waals surface area contributed by atoms with Crippen LogP contribution in [0.3, 0.4) is 0 Å². The van der Waals surface area contributed by atoms with E-state index in [9.17, 15) is 4.79 Å². The van der Waals surface area contributed by atoms with Crippen molar-refractivity contribution in [2.45, 2.75) is 18.9 Å². The Kier molecular flexibility index (Phi) is 4.34. The van der Waals surface area contributed by atoms with Crippen LogP contribution in [-0.4, -0.2) is 46.8 Å². The zero-order valence-corrected chi connectivity index (χ0v) is 12.0. The van der Waals surface area contributed by atoms with Gasteiger partial charge in [-0.1, -0.05) is 0 Å². The second kappa shape index (κ2) is 6.57. The maximum Gasteiger partial charge on any atom is 0.329 e. The van der Waals surface area contributed by atoms with Gasteiger partial charge in [0.25, 0.3) is 0 Å². The molecular weight excluding hydrogens is 286 g/mol. The molecule has 1 aliphatic rings. The Morgan fingerprint density at radius 3 is 2.91 bits per heavy atom. The highest BCUT2D eigenvalue weighted by Crippen LogP contribution is 2.22. The first-order valence-corrected chi connectivity index (χ1v) is 7.17.